The summed E-state index contributed by atoms with van der Waals surface area (Å²) in [6.07, 6.45) is 1.22. The van der Waals surface area contributed by atoms with Crippen molar-refractivity contribution in [2.24, 2.45) is 0 Å². The van der Waals surface area contributed by atoms with Gasteiger partial charge in [-0.3, -0.25) is 19.7 Å². The molecule has 156 valence electrons. The van der Waals surface area contributed by atoms with Crippen LogP contribution in [0.3, 0.4) is 0 Å². The fourth-order valence-electron chi connectivity index (χ4n) is 3.02. The summed E-state index contributed by atoms with van der Waals surface area (Å²) in [5, 5.41) is 13.5. The number of rotatable bonds is 7. The minimum Gasteiger partial charge on any atom is -0.496 e. The van der Waals surface area contributed by atoms with E-state index in [-0.39, 0.29) is 28.6 Å². The number of hydrogen-bond acceptors (Lipinski definition) is 7. The zero-order chi connectivity index (χ0) is 21.7. The van der Waals surface area contributed by atoms with Crippen LogP contribution in [-0.2, 0) is 14.3 Å². The number of esters is 1. The monoisotopic (exact) mass is 413 g/mol. The number of methoxy groups -OCH3 is 1. The van der Waals surface area contributed by atoms with Crippen LogP contribution in [0.25, 0.3) is 0 Å². The van der Waals surface area contributed by atoms with Crippen molar-refractivity contribution in [2.45, 2.75) is 12.8 Å². The largest absolute Gasteiger partial charge is 0.496 e. The molecule has 1 saturated heterocycles. The lowest BCUT2D eigenvalue weighted by atomic mass is 10.2. The van der Waals surface area contributed by atoms with Gasteiger partial charge in [0.2, 0.25) is 5.91 Å². The number of ether oxygens (including phenoxy) is 2. The average molecular weight is 413 g/mol. The summed E-state index contributed by atoms with van der Waals surface area (Å²) in [5.74, 6) is -1.23. The van der Waals surface area contributed by atoms with E-state index in [1.807, 2.05) is 0 Å². The quantitative estimate of drug-likeness (QED) is 0.420. The highest BCUT2D eigenvalue weighted by Crippen LogP contribution is 2.29. The van der Waals surface area contributed by atoms with Crippen molar-refractivity contribution in [2.75, 3.05) is 30.5 Å². The van der Waals surface area contributed by atoms with Crippen molar-refractivity contribution in [1.29, 1.82) is 0 Å². The summed E-state index contributed by atoms with van der Waals surface area (Å²) in [6.45, 7) is -0.0464. The highest BCUT2D eigenvalue weighted by Gasteiger charge is 2.23. The second kappa shape index (κ2) is 9.03. The third-order valence-electron chi connectivity index (χ3n) is 4.48. The van der Waals surface area contributed by atoms with Crippen LogP contribution >= 0.6 is 0 Å². The molecule has 2 amide bonds. The molecule has 1 aliphatic rings. The Hall–Kier alpha value is -3.95. The zero-order valence-electron chi connectivity index (χ0n) is 16.1. The first-order valence-corrected chi connectivity index (χ1v) is 9.09. The molecule has 1 fully saturated rings. The van der Waals surface area contributed by atoms with Gasteiger partial charge < -0.3 is 19.7 Å². The summed E-state index contributed by atoms with van der Waals surface area (Å²) in [4.78, 5) is 48.3. The molecule has 0 aromatic heterocycles. The lowest BCUT2D eigenvalue weighted by Gasteiger charge is -2.16. The Morgan fingerprint density at radius 3 is 2.70 bits per heavy atom. The molecule has 1 aliphatic heterocycles. The maximum absolute atomic E-state index is 12.3. The van der Waals surface area contributed by atoms with Gasteiger partial charge >= 0.3 is 5.97 Å². The molecular formula is C20H19N3O7. The number of amides is 2. The topological polar surface area (TPSA) is 128 Å². The van der Waals surface area contributed by atoms with E-state index in [1.165, 1.54) is 37.4 Å². The van der Waals surface area contributed by atoms with Crippen molar-refractivity contribution >= 4 is 34.8 Å². The molecule has 0 spiro atoms. The van der Waals surface area contributed by atoms with E-state index in [2.05, 4.69) is 5.32 Å². The summed E-state index contributed by atoms with van der Waals surface area (Å²) in [5.41, 5.74) is 0.383. The minimum atomic E-state index is -0.747. The number of nitro benzene ring substituents is 1. The van der Waals surface area contributed by atoms with Crippen LogP contribution in [0.5, 0.6) is 5.75 Å². The smallest absolute Gasteiger partial charge is 0.338 e. The third-order valence-corrected chi connectivity index (χ3v) is 4.48. The number of hydrogen-bond donors (Lipinski definition) is 1. The molecule has 1 N–H and O–H groups in total. The second-order valence-corrected chi connectivity index (χ2v) is 6.46. The molecule has 2 aromatic rings. The Morgan fingerprint density at radius 2 is 2.03 bits per heavy atom. The van der Waals surface area contributed by atoms with Gasteiger partial charge in [0.25, 0.3) is 11.6 Å². The number of carbonyl (C=O) groups is 3. The van der Waals surface area contributed by atoms with Gasteiger partial charge in [0.1, 0.15) is 11.4 Å². The second-order valence-electron chi connectivity index (χ2n) is 6.46. The summed E-state index contributed by atoms with van der Waals surface area (Å²) >= 11 is 0. The number of carbonyl (C=O) groups excluding carboxylic acids is 3. The molecule has 3 rings (SSSR count). The number of nitrogens with one attached hydrogen (secondary N) is 1. The van der Waals surface area contributed by atoms with Crippen LogP contribution in [0, 0.1) is 10.1 Å². The SMILES string of the molecule is COc1ccc(NC(=O)COC(=O)c2cccc(N3CCCC3=O)c2)c([N+](=O)[O-])c1. The molecule has 10 heteroatoms. The molecule has 0 aliphatic carbocycles. The van der Waals surface area contributed by atoms with Crippen molar-refractivity contribution in [3.05, 3.63) is 58.1 Å². The van der Waals surface area contributed by atoms with E-state index in [0.717, 1.165) is 6.42 Å². The van der Waals surface area contributed by atoms with E-state index in [4.69, 9.17) is 9.47 Å². The van der Waals surface area contributed by atoms with E-state index in [0.29, 0.717) is 18.7 Å². The molecule has 0 saturated carbocycles. The van der Waals surface area contributed by atoms with Crippen LogP contribution in [-0.4, -0.2) is 43.0 Å². The minimum absolute atomic E-state index is 0.0130. The fourth-order valence-corrected chi connectivity index (χ4v) is 3.02. The third kappa shape index (κ3) is 4.72. The van der Waals surface area contributed by atoms with Crippen LogP contribution in [0.2, 0.25) is 0 Å². The van der Waals surface area contributed by atoms with Gasteiger partial charge in [-0.1, -0.05) is 6.07 Å². The highest BCUT2D eigenvalue weighted by atomic mass is 16.6. The summed E-state index contributed by atoms with van der Waals surface area (Å²) < 4.78 is 9.94. The normalized spacial score (nSPS) is 13.1. The van der Waals surface area contributed by atoms with E-state index >= 15 is 0 Å². The first kappa shape index (κ1) is 20.8. The van der Waals surface area contributed by atoms with Crippen LogP contribution in [0.1, 0.15) is 23.2 Å². The van der Waals surface area contributed by atoms with Crippen LogP contribution in [0.4, 0.5) is 17.1 Å². The molecule has 0 atom stereocenters. The van der Waals surface area contributed by atoms with Gasteiger partial charge in [-0.25, -0.2) is 4.79 Å². The van der Waals surface area contributed by atoms with Gasteiger partial charge in [-0.15, -0.1) is 0 Å². The van der Waals surface area contributed by atoms with Crippen LogP contribution in [0.15, 0.2) is 42.5 Å². The lowest BCUT2D eigenvalue weighted by molar-refractivity contribution is -0.384. The first-order chi connectivity index (χ1) is 14.4. The molecule has 10 nitrogen and oxygen atoms in total. The molecule has 1 heterocycles. The van der Waals surface area contributed by atoms with E-state index in [9.17, 15) is 24.5 Å². The predicted molar refractivity (Wildman–Crippen MR) is 107 cm³/mol. The zero-order valence-corrected chi connectivity index (χ0v) is 16.1. The molecular weight excluding hydrogens is 394 g/mol. The average Bonchev–Trinajstić information content (AvgIpc) is 3.18. The molecule has 0 bridgehead atoms. The number of benzene rings is 2. The van der Waals surface area contributed by atoms with E-state index in [1.54, 1.807) is 17.0 Å². The summed E-state index contributed by atoms with van der Waals surface area (Å²) in [6, 6.07) is 10.3. The van der Waals surface area contributed by atoms with Gasteiger partial charge in [-0.05, 0) is 36.8 Å². The number of nitro groups is 1. The van der Waals surface area contributed by atoms with Crippen molar-refractivity contribution in [1.82, 2.24) is 0 Å². The van der Waals surface area contributed by atoms with Gasteiger partial charge in [0.05, 0.1) is 23.7 Å². The summed E-state index contributed by atoms with van der Waals surface area (Å²) in [7, 11) is 1.37. The predicted octanol–water partition coefficient (Wildman–Crippen LogP) is 2.53. The Labute approximate surface area is 171 Å². The van der Waals surface area contributed by atoms with Gasteiger partial charge in [0.15, 0.2) is 6.61 Å². The Balaban J connectivity index is 1.62. The number of anilines is 2. The fraction of sp³-hybridized carbons (Fsp3) is 0.250. The van der Waals surface area contributed by atoms with Crippen LogP contribution < -0.4 is 15.0 Å². The first-order valence-electron chi connectivity index (χ1n) is 9.09. The lowest BCUT2D eigenvalue weighted by Crippen LogP contribution is -2.24. The highest BCUT2D eigenvalue weighted by molar-refractivity contribution is 5.99. The standard InChI is InChI=1S/C20H19N3O7/c1-29-15-7-8-16(17(11-15)23(27)28)21-18(24)12-30-20(26)13-4-2-5-14(10-13)22-9-3-6-19(22)25/h2,4-5,7-8,10-11H,3,6,9,12H2,1H3,(H,21,24). The Bertz CT molecular complexity index is 1010. The molecule has 0 unspecified atom stereocenters. The van der Waals surface area contributed by atoms with Crippen molar-refractivity contribution in [3.8, 4) is 5.75 Å². The molecule has 0 radical (unpaired) electrons. The van der Waals surface area contributed by atoms with Crippen molar-refractivity contribution < 1.29 is 28.8 Å². The maximum Gasteiger partial charge on any atom is 0.338 e. The molecule has 2 aromatic carbocycles. The van der Waals surface area contributed by atoms with Crippen molar-refractivity contribution in [3.63, 3.8) is 0 Å². The maximum atomic E-state index is 12.3. The van der Waals surface area contributed by atoms with Gasteiger partial charge in [0, 0.05) is 18.7 Å². The van der Waals surface area contributed by atoms with Gasteiger partial charge in [-0.2, -0.15) is 0 Å². The number of nitrogens with zero attached hydrogens (tertiary/aromatic N) is 2. The Morgan fingerprint density at radius 1 is 1.23 bits per heavy atom. The molecule has 30 heavy (non-hydrogen) atoms. The Kier molecular flexibility index (Phi) is 6.26. The van der Waals surface area contributed by atoms with E-state index < -0.39 is 23.4 Å².